The van der Waals surface area contributed by atoms with Crippen LogP contribution >= 0.6 is 0 Å². The van der Waals surface area contributed by atoms with E-state index in [0.29, 0.717) is 0 Å². The molecule has 49 valence electrons. The first-order chi connectivity index (χ1) is 4.43. The van der Waals surface area contributed by atoms with E-state index in [1.165, 1.54) is 12.5 Å². The third-order valence-electron chi connectivity index (χ3n) is 1.28. The molecule has 0 atom stereocenters. The topological polar surface area (TPSA) is 16.4 Å². The fourth-order valence-electron chi connectivity index (χ4n) is 0.848. The molecule has 1 radical (unpaired) electrons. The van der Waals surface area contributed by atoms with Crippen molar-refractivity contribution in [3.8, 4) is 6.07 Å². The predicted molar refractivity (Wildman–Crippen MR) is 38.3 cm³/mol. The van der Waals surface area contributed by atoms with Gasteiger partial charge in [-0.15, -0.1) is 0 Å². The molecule has 0 aromatic heterocycles. The van der Waals surface area contributed by atoms with Gasteiger partial charge in [0.15, 0.2) is 6.04 Å². The highest BCUT2D eigenvalue weighted by atomic mass is 15.0. The number of nitrogens with zero attached hydrogens (tertiary/aromatic N) is 1. The first-order valence-electron chi connectivity index (χ1n) is 3.45. The lowest BCUT2D eigenvalue weighted by molar-refractivity contribution is 0.677. The highest BCUT2D eigenvalue weighted by Gasteiger charge is 2.14. The van der Waals surface area contributed by atoms with Crippen LogP contribution in [0.1, 0.15) is 19.8 Å². The molecule has 0 saturated heterocycles. The third kappa shape index (κ3) is 2.03. The summed E-state index contributed by atoms with van der Waals surface area (Å²) in [4.78, 5) is 4.03. The molecule has 2 heteroatoms. The van der Waals surface area contributed by atoms with Crippen molar-refractivity contribution < 1.29 is 0 Å². The Morgan fingerprint density at radius 1 is 1.78 bits per heavy atom. The van der Waals surface area contributed by atoms with Crippen molar-refractivity contribution in [2.45, 2.75) is 19.8 Å². The van der Waals surface area contributed by atoms with Crippen LogP contribution in [0.4, 0.5) is 0 Å². The lowest BCUT2D eigenvalue weighted by atomic mass is 10.2. The van der Waals surface area contributed by atoms with Crippen LogP contribution in [0, 0.1) is 12.1 Å². The fraction of sp³-hybridized carbons (Fsp3) is 0.714. The van der Waals surface area contributed by atoms with Crippen molar-refractivity contribution in [1.29, 1.82) is 0 Å². The summed E-state index contributed by atoms with van der Waals surface area (Å²) < 4.78 is 0. The van der Waals surface area contributed by atoms with Crippen molar-refractivity contribution in [2.75, 3.05) is 13.1 Å². The summed E-state index contributed by atoms with van der Waals surface area (Å²) in [6, 6.07) is 4.12. The van der Waals surface area contributed by atoms with Gasteiger partial charge in [0.25, 0.3) is 12.6 Å². The zero-order valence-electron chi connectivity index (χ0n) is 5.78. The van der Waals surface area contributed by atoms with Crippen LogP contribution in [0.3, 0.4) is 0 Å². The average Bonchev–Trinajstić information content (AvgIpc) is 1.91. The molecule has 0 bridgehead atoms. The van der Waals surface area contributed by atoms with Crippen LogP contribution in [-0.4, -0.2) is 13.1 Å². The molecule has 1 N–H and O–H groups in total. The van der Waals surface area contributed by atoms with Crippen LogP contribution in [0.5, 0.6) is 0 Å². The lowest BCUT2D eigenvalue weighted by Gasteiger charge is -2.03. The third-order valence-corrected chi connectivity index (χ3v) is 1.28. The molecule has 1 heterocycles. The van der Waals surface area contributed by atoms with Crippen molar-refractivity contribution in [3.63, 3.8) is 0 Å². The summed E-state index contributed by atoms with van der Waals surface area (Å²) in [5.41, 5.74) is 0. The minimum Gasteiger partial charge on any atom is -0.286 e. The van der Waals surface area contributed by atoms with E-state index in [0.717, 1.165) is 19.5 Å². The van der Waals surface area contributed by atoms with E-state index in [4.69, 9.17) is 0 Å². The number of hydrogen-bond donors (Lipinski definition) is 1. The van der Waals surface area contributed by atoms with Crippen molar-refractivity contribution >= 4 is 0 Å². The molecule has 0 unspecified atom stereocenters. The SMILES string of the molecule is CCC[C]1C#[N+]CCN1. The molecule has 0 amide bonds. The van der Waals surface area contributed by atoms with Gasteiger partial charge in [0, 0.05) is 0 Å². The van der Waals surface area contributed by atoms with Crippen molar-refractivity contribution in [3.05, 3.63) is 10.9 Å². The summed E-state index contributed by atoms with van der Waals surface area (Å²) in [5, 5.41) is 3.23. The van der Waals surface area contributed by atoms with Gasteiger partial charge < -0.3 is 0 Å². The Kier molecular flexibility index (Phi) is 2.53. The van der Waals surface area contributed by atoms with E-state index in [1.807, 2.05) is 0 Å². The normalized spacial score (nSPS) is 18.8. The fourth-order valence-corrected chi connectivity index (χ4v) is 0.848. The van der Waals surface area contributed by atoms with E-state index in [2.05, 4.69) is 23.2 Å². The van der Waals surface area contributed by atoms with E-state index in [1.54, 1.807) is 0 Å². The molecule has 9 heavy (non-hydrogen) atoms. The van der Waals surface area contributed by atoms with Crippen LogP contribution in [0.25, 0.3) is 4.85 Å². The molecule has 2 nitrogen and oxygen atoms in total. The summed E-state index contributed by atoms with van der Waals surface area (Å²) in [7, 11) is 0. The molecular formula is C7H12N2+. The highest BCUT2D eigenvalue weighted by Crippen LogP contribution is 2.05. The van der Waals surface area contributed by atoms with E-state index < -0.39 is 0 Å². The Balaban J connectivity index is 2.28. The predicted octanol–water partition coefficient (Wildman–Crippen LogP) is 1.25. The lowest BCUT2D eigenvalue weighted by Crippen LogP contribution is -2.24. The van der Waals surface area contributed by atoms with Crippen LogP contribution < -0.4 is 5.32 Å². The van der Waals surface area contributed by atoms with Gasteiger partial charge in [0.1, 0.15) is 0 Å². The zero-order chi connectivity index (χ0) is 6.53. The van der Waals surface area contributed by atoms with Crippen LogP contribution in [0.2, 0.25) is 0 Å². The maximum atomic E-state index is 4.03. The van der Waals surface area contributed by atoms with Gasteiger partial charge in [-0.25, -0.2) is 0 Å². The van der Waals surface area contributed by atoms with E-state index in [-0.39, 0.29) is 0 Å². The standard InChI is InChI=1S/C7H12N2/c1-2-3-7-6-8-4-5-9-7/h9H,2-5H2,1H3/q+1. The average molecular weight is 124 g/mol. The molecule has 0 spiro atoms. The summed E-state index contributed by atoms with van der Waals surface area (Å²) >= 11 is 0. The minimum absolute atomic E-state index is 0.882. The van der Waals surface area contributed by atoms with Gasteiger partial charge in [0.2, 0.25) is 0 Å². The molecule has 0 aliphatic carbocycles. The number of rotatable bonds is 2. The van der Waals surface area contributed by atoms with E-state index >= 15 is 0 Å². The molecule has 0 saturated carbocycles. The molecule has 0 aromatic carbocycles. The van der Waals surface area contributed by atoms with Crippen molar-refractivity contribution in [2.24, 2.45) is 0 Å². The Morgan fingerprint density at radius 3 is 3.22 bits per heavy atom. The van der Waals surface area contributed by atoms with Crippen molar-refractivity contribution in [1.82, 2.24) is 5.32 Å². The molecule has 1 aliphatic rings. The number of hydrogen-bond acceptors (Lipinski definition) is 1. The molecule has 0 fully saturated rings. The number of nitrogens with one attached hydrogen (secondary N) is 1. The van der Waals surface area contributed by atoms with Gasteiger partial charge in [0.05, 0.1) is 6.54 Å². The smallest absolute Gasteiger partial charge is 0.286 e. The second kappa shape index (κ2) is 3.47. The van der Waals surface area contributed by atoms with Crippen LogP contribution in [-0.2, 0) is 0 Å². The second-order valence-corrected chi connectivity index (χ2v) is 2.15. The van der Waals surface area contributed by atoms with Gasteiger partial charge >= 0.3 is 0 Å². The summed E-state index contributed by atoms with van der Waals surface area (Å²) in [6.07, 6.45) is 2.26. The van der Waals surface area contributed by atoms with Gasteiger partial charge in [-0.3, -0.25) is 5.32 Å². The summed E-state index contributed by atoms with van der Waals surface area (Å²) in [6.45, 7) is 4.03. The Bertz CT molecular complexity index is 132. The second-order valence-electron chi connectivity index (χ2n) is 2.15. The zero-order valence-corrected chi connectivity index (χ0v) is 5.78. The Hall–Kier alpha value is -0.550. The van der Waals surface area contributed by atoms with Crippen LogP contribution in [0.15, 0.2) is 0 Å². The molecular weight excluding hydrogens is 112 g/mol. The van der Waals surface area contributed by atoms with Gasteiger partial charge in [-0.2, -0.15) is 0 Å². The molecule has 0 aromatic rings. The summed E-state index contributed by atoms with van der Waals surface area (Å²) in [5.74, 6) is 0. The minimum atomic E-state index is 0.882. The quantitative estimate of drug-likeness (QED) is 0.586. The maximum absolute atomic E-state index is 4.03. The van der Waals surface area contributed by atoms with Gasteiger partial charge in [-0.1, -0.05) is 18.2 Å². The maximum Gasteiger partial charge on any atom is 0.298 e. The first-order valence-corrected chi connectivity index (χ1v) is 3.45. The Morgan fingerprint density at radius 2 is 2.67 bits per heavy atom. The largest absolute Gasteiger partial charge is 0.298 e. The Labute approximate surface area is 56.1 Å². The highest BCUT2D eigenvalue weighted by molar-refractivity contribution is 5.17. The first kappa shape index (κ1) is 6.57. The van der Waals surface area contributed by atoms with Gasteiger partial charge in [-0.05, 0) is 6.42 Å². The van der Waals surface area contributed by atoms with E-state index in [9.17, 15) is 0 Å². The molecule has 1 aliphatic heterocycles. The molecule has 1 rings (SSSR count). The monoisotopic (exact) mass is 124 g/mol.